The Kier molecular flexibility index (Phi) is 3.95. The van der Waals surface area contributed by atoms with Crippen molar-refractivity contribution in [3.8, 4) is 0 Å². The number of amides is 1. The zero-order valence-corrected chi connectivity index (χ0v) is 11.8. The van der Waals surface area contributed by atoms with E-state index in [0.717, 1.165) is 12.2 Å². The van der Waals surface area contributed by atoms with E-state index in [2.05, 4.69) is 33.0 Å². The van der Waals surface area contributed by atoms with Gasteiger partial charge >= 0.3 is 0 Å². The van der Waals surface area contributed by atoms with Gasteiger partial charge < -0.3 is 11.1 Å². The summed E-state index contributed by atoms with van der Waals surface area (Å²) in [6, 6.07) is -0.104. The highest BCUT2D eigenvalue weighted by Gasteiger charge is 2.65. The molecular weight excluding hydrogens is 220 g/mol. The molecule has 0 spiro atoms. The van der Waals surface area contributed by atoms with Crippen molar-refractivity contribution in [3.05, 3.63) is 0 Å². The van der Waals surface area contributed by atoms with Gasteiger partial charge in [-0.3, -0.25) is 4.79 Å². The van der Waals surface area contributed by atoms with E-state index in [9.17, 15) is 4.79 Å². The van der Waals surface area contributed by atoms with Crippen LogP contribution in [-0.2, 0) is 4.79 Å². The van der Waals surface area contributed by atoms with Crippen LogP contribution in [0.15, 0.2) is 0 Å². The fourth-order valence-corrected chi connectivity index (χ4v) is 2.67. The molecule has 0 heterocycles. The van der Waals surface area contributed by atoms with Gasteiger partial charge in [-0.05, 0) is 29.3 Å². The van der Waals surface area contributed by atoms with E-state index in [0.29, 0.717) is 0 Å². The lowest BCUT2D eigenvalue weighted by Gasteiger charge is -2.12. The van der Waals surface area contributed by atoms with E-state index in [-0.39, 0.29) is 28.8 Å². The molecule has 4 heteroatoms. The highest BCUT2D eigenvalue weighted by molar-refractivity contribution is 7.98. The van der Waals surface area contributed by atoms with Crippen LogP contribution in [0.25, 0.3) is 0 Å². The summed E-state index contributed by atoms with van der Waals surface area (Å²) in [4.78, 5) is 11.8. The number of hydrogen-bond donors (Lipinski definition) is 2. The van der Waals surface area contributed by atoms with Crippen molar-refractivity contribution >= 4 is 17.7 Å². The van der Waals surface area contributed by atoms with Crippen LogP contribution in [0.3, 0.4) is 0 Å². The van der Waals surface area contributed by atoms with E-state index in [1.165, 1.54) is 0 Å². The summed E-state index contributed by atoms with van der Waals surface area (Å²) in [7, 11) is 0. The summed E-state index contributed by atoms with van der Waals surface area (Å²) in [6.07, 6.45) is 2.78. The molecule has 0 saturated heterocycles. The summed E-state index contributed by atoms with van der Waals surface area (Å²) >= 11 is 1.72. The Hall–Kier alpha value is -0.220. The molecule has 0 aromatic heterocycles. The summed E-state index contributed by atoms with van der Waals surface area (Å²) in [6.45, 7) is 8.74. The van der Waals surface area contributed by atoms with Crippen LogP contribution < -0.4 is 11.1 Å². The first kappa shape index (κ1) is 13.8. The molecule has 1 aliphatic rings. The van der Waals surface area contributed by atoms with Gasteiger partial charge in [0.05, 0.1) is 6.04 Å². The van der Waals surface area contributed by atoms with E-state index >= 15 is 0 Å². The number of thioether (sulfide) groups is 1. The zero-order valence-electron chi connectivity index (χ0n) is 11.0. The molecule has 1 amide bonds. The SMILES string of the molecule is CSCC[C@@H](N)C(=O)NC1C(C)(C)C1(C)C. The lowest BCUT2D eigenvalue weighted by atomic mass is 10.0. The number of hydrogen-bond acceptors (Lipinski definition) is 3. The molecule has 94 valence electrons. The standard InChI is InChI=1S/C12H24N2OS/c1-11(2)10(12(11,3)4)14-9(15)8(13)6-7-16-5/h8,10H,6-7,13H2,1-5H3,(H,14,15)/t8-/m1/s1. The number of carbonyl (C=O) groups is 1. The Morgan fingerprint density at radius 3 is 2.25 bits per heavy atom. The molecule has 0 aliphatic heterocycles. The van der Waals surface area contributed by atoms with Crippen LogP contribution >= 0.6 is 11.8 Å². The van der Waals surface area contributed by atoms with Crippen LogP contribution in [0, 0.1) is 10.8 Å². The number of rotatable bonds is 5. The van der Waals surface area contributed by atoms with E-state index in [4.69, 9.17) is 5.73 Å². The van der Waals surface area contributed by atoms with Crippen LogP contribution in [0.5, 0.6) is 0 Å². The average Bonchev–Trinajstić information content (AvgIpc) is 2.57. The average molecular weight is 244 g/mol. The minimum atomic E-state index is -0.361. The molecule has 3 N–H and O–H groups in total. The van der Waals surface area contributed by atoms with Gasteiger partial charge in [-0.25, -0.2) is 0 Å². The molecule has 0 aromatic rings. The van der Waals surface area contributed by atoms with Gasteiger partial charge in [0.2, 0.25) is 5.91 Å². The largest absolute Gasteiger partial charge is 0.351 e. The molecule has 0 unspecified atom stereocenters. The molecule has 1 atom stereocenters. The fraction of sp³-hybridized carbons (Fsp3) is 0.917. The predicted octanol–water partition coefficient (Wildman–Crippen LogP) is 1.62. The molecule has 1 rings (SSSR count). The maximum absolute atomic E-state index is 11.8. The second-order valence-corrected chi connectivity index (χ2v) is 6.76. The first-order valence-electron chi connectivity index (χ1n) is 5.80. The van der Waals surface area contributed by atoms with Crippen molar-refractivity contribution < 1.29 is 4.79 Å². The molecule has 1 saturated carbocycles. The van der Waals surface area contributed by atoms with E-state index < -0.39 is 0 Å². The topological polar surface area (TPSA) is 55.1 Å². The van der Waals surface area contributed by atoms with Crippen LogP contribution in [0.1, 0.15) is 34.1 Å². The van der Waals surface area contributed by atoms with Gasteiger partial charge in [0.25, 0.3) is 0 Å². The maximum Gasteiger partial charge on any atom is 0.237 e. The Bertz CT molecular complexity index is 262. The molecule has 16 heavy (non-hydrogen) atoms. The van der Waals surface area contributed by atoms with Gasteiger partial charge in [0.1, 0.15) is 0 Å². The minimum absolute atomic E-state index is 0.00213. The molecular formula is C12H24N2OS. The van der Waals surface area contributed by atoms with E-state index in [1.54, 1.807) is 11.8 Å². The minimum Gasteiger partial charge on any atom is -0.351 e. The van der Waals surface area contributed by atoms with Gasteiger partial charge in [-0.1, -0.05) is 27.7 Å². The highest BCUT2D eigenvalue weighted by Crippen LogP contribution is 2.62. The molecule has 0 bridgehead atoms. The monoisotopic (exact) mass is 244 g/mol. The third kappa shape index (κ3) is 2.38. The van der Waals surface area contributed by atoms with Crippen LogP contribution in [0.4, 0.5) is 0 Å². The zero-order chi connectivity index (χ0) is 12.6. The van der Waals surface area contributed by atoms with Gasteiger partial charge in [0.15, 0.2) is 0 Å². The summed E-state index contributed by atoms with van der Waals surface area (Å²) in [5.74, 6) is 0.934. The summed E-state index contributed by atoms with van der Waals surface area (Å²) < 4.78 is 0. The molecule has 0 radical (unpaired) electrons. The van der Waals surface area contributed by atoms with Crippen molar-refractivity contribution in [1.29, 1.82) is 0 Å². The third-order valence-electron chi connectivity index (χ3n) is 4.28. The smallest absolute Gasteiger partial charge is 0.237 e. The lowest BCUT2D eigenvalue weighted by molar-refractivity contribution is -0.122. The molecule has 3 nitrogen and oxygen atoms in total. The van der Waals surface area contributed by atoms with Crippen molar-refractivity contribution in [1.82, 2.24) is 5.32 Å². The van der Waals surface area contributed by atoms with Crippen molar-refractivity contribution in [3.63, 3.8) is 0 Å². The molecule has 1 aliphatic carbocycles. The van der Waals surface area contributed by atoms with Crippen molar-refractivity contribution in [2.24, 2.45) is 16.6 Å². The maximum atomic E-state index is 11.8. The third-order valence-corrected chi connectivity index (χ3v) is 4.92. The predicted molar refractivity (Wildman–Crippen MR) is 70.5 cm³/mol. The summed E-state index contributed by atoms with van der Waals surface area (Å²) in [5, 5.41) is 3.07. The van der Waals surface area contributed by atoms with E-state index in [1.807, 2.05) is 6.26 Å². The first-order chi connectivity index (χ1) is 7.25. The fourth-order valence-electron chi connectivity index (χ4n) is 2.18. The summed E-state index contributed by atoms with van der Waals surface area (Å²) in [5.41, 5.74) is 6.20. The van der Waals surface area contributed by atoms with Gasteiger partial charge in [-0.15, -0.1) is 0 Å². The van der Waals surface area contributed by atoms with Crippen molar-refractivity contribution in [2.45, 2.75) is 46.2 Å². The van der Waals surface area contributed by atoms with Gasteiger partial charge in [0, 0.05) is 6.04 Å². The Morgan fingerprint density at radius 2 is 1.88 bits per heavy atom. The number of nitrogens with one attached hydrogen (secondary N) is 1. The Morgan fingerprint density at radius 1 is 1.38 bits per heavy atom. The number of carbonyl (C=O) groups excluding carboxylic acids is 1. The molecule has 0 aromatic carbocycles. The second-order valence-electron chi connectivity index (χ2n) is 5.77. The van der Waals surface area contributed by atoms with Crippen LogP contribution in [0.2, 0.25) is 0 Å². The Balaban J connectivity index is 2.42. The van der Waals surface area contributed by atoms with Crippen LogP contribution in [-0.4, -0.2) is 30.0 Å². The first-order valence-corrected chi connectivity index (χ1v) is 7.19. The normalized spacial score (nSPS) is 23.9. The second kappa shape index (κ2) is 4.57. The lowest BCUT2D eigenvalue weighted by Crippen LogP contribution is -2.43. The number of nitrogens with two attached hydrogens (primary N) is 1. The van der Waals surface area contributed by atoms with Gasteiger partial charge in [-0.2, -0.15) is 11.8 Å². The Labute approximate surface area is 103 Å². The highest BCUT2D eigenvalue weighted by atomic mass is 32.2. The van der Waals surface area contributed by atoms with Crippen molar-refractivity contribution in [2.75, 3.05) is 12.0 Å². The molecule has 1 fully saturated rings. The quantitative estimate of drug-likeness (QED) is 0.772.